The molecule has 0 radical (unpaired) electrons. The molecule has 4 saturated carbocycles. The lowest BCUT2D eigenvalue weighted by Gasteiger charge is -2.62. The molecule has 0 aromatic heterocycles. The zero-order chi connectivity index (χ0) is 22.0. The van der Waals surface area contributed by atoms with Gasteiger partial charge in [-0.25, -0.2) is 0 Å². The van der Waals surface area contributed by atoms with E-state index in [1.807, 2.05) is 0 Å². The van der Waals surface area contributed by atoms with E-state index in [0.29, 0.717) is 0 Å². The first kappa shape index (κ1) is 24.5. The molecular weight excluding hydrogens is 368 g/mol. The summed E-state index contributed by atoms with van der Waals surface area (Å²) in [5, 5.41) is 12.4. The maximum atomic E-state index is 12.4. The van der Waals surface area contributed by atoms with E-state index in [0.717, 1.165) is 39.6 Å². The molecule has 0 aromatic rings. The van der Waals surface area contributed by atoms with Crippen LogP contribution in [0.1, 0.15) is 91.9 Å². The highest BCUT2D eigenvalue weighted by Crippen LogP contribution is 2.65. The quantitative estimate of drug-likeness (QED) is 0.390. The monoisotopic (exact) mass is 422 g/mol. The molecule has 4 aliphatic carbocycles. The summed E-state index contributed by atoms with van der Waals surface area (Å²) in [7, 11) is 4.80. The summed E-state index contributed by atoms with van der Waals surface area (Å²) in [4.78, 5) is 0. The van der Waals surface area contributed by atoms with E-state index >= 15 is 0 Å². The Hall–Kier alpha value is -0.120. The first-order valence-corrected chi connectivity index (χ1v) is 13.5. The van der Waals surface area contributed by atoms with Gasteiger partial charge in [-0.05, 0) is 115 Å². The Kier molecular flexibility index (Phi) is 7.68. The van der Waals surface area contributed by atoms with Gasteiger partial charge in [0.25, 0.3) is 0 Å². The Morgan fingerprint density at radius 3 is 1.33 bits per heavy atom. The summed E-state index contributed by atoms with van der Waals surface area (Å²) in [5.74, 6) is 2.76. The number of quaternary nitrogens is 2. The van der Waals surface area contributed by atoms with Gasteiger partial charge in [-0.3, -0.25) is 0 Å². The van der Waals surface area contributed by atoms with Crippen molar-refractivity contribution in [3.8, 4) is 0 Å². The third-order valence-electron chi connectivity index (χ3n) is 10.7. The number of hydrogen-bond donors (Lipinski definition) is 1. The van der Waals surface area contributed by atoms with Crippen molar-refractivity contribution >= 4 is 0 Å². The third kappa shape index (κ3) is 4.94. The molecule has 0 heterocycles. The Labute approximate surface area is 188 Å². The minimum atomic E-state index is -0.429. The fraction of sp³-hybridized carbons (Fsp3) is 1.00. The van der Waals surface area contributed by atoms with Crippen LogP contribution in [0.5, 0.6) is 0 Å². The van der Waals surface area contributed by atoms with Crippen molar-refractivity contribution in [1.29, 1.82) is 0 Å². The zero-order valence-corrected chi connectivity index (χ0v) is 21.4. The van der Waals surface area contributed by atoms with Crippen LogP contribution in [-0.4, -0.2) is 73.0 Å². The highest BCUT2D eigenvalue weighted by molar-refractivity contribution is 5.10. The molecule has 30 heavy (non-hydrogen) atoms. The van der Waals surface area contributed by atoms with Crippen molar-refractivity contribution in [2.24, 2.45) is 23.2 Å². The molecule has 4 fully saturated rings. The smallest absolute Gasteiger partial charge is 0.0785 e. The highest BCUT2D eigenvalue weighted by Gasteiger charge is 2.59. The molecule has 0 aromatic carbocycles. The van der Waals surface area contributed by atoms with Gasteiger partial charge in [-0.15, -0.1) is 0 Å². The fourth-order valence-electron chi connectivity index (χ4n) is 7.92. The van der Waals surface area contributed by atoms with Crippen molar-refractivity contribution in [2.75, 3.05) is 53.4 Å². The van der Waals surface area contributed by atoms with E-state index < -0.39 is 5.60 Å². The minimum absolute atomic E-state index is 0.241. The second-order valence-corrected chi connectivity index (χ2v) is 12.4. The number of aliphatic hydroxyl groups is 1. The third-order valence-corrected chi connectivity index (χ3v) is 10.7. The molecule has 3 heteroatoms. The van der Waals surface area contributed by atoms with Crippen molar-refractivity contribution in [3.05, 3.63) is 0 Å². The van der Waals surface area contributed by atoms with E-state index in [1.54, 1.807) is 0 Å². The first-order chi connectivity index (χ1) is 14.1. The van der Waals surface area contributed by atoms with Gasteiger partial charge < -0.3 is 14.1 Å². The van der Waals surface area contributed by atoms with Gasteiger partial charge in [-0.2, -0.15) is 0 Å². The molecule has 0 unspecified atom stereocenters. The second-order valence-electron chi connectivity index (χ2n) is 12.4. The molecule has 4 bridgehead atoms. The maximum Gasteiger partial charge on any atom is 0.0785 e. The molecule has 176 valence electrons. The predicted octanol–water partition coefficient (Wildman–Crippen LogP) is 5.47. The number of rotatable bonds is 13. The molecule has 0 aliphatic heterocycles. The van der Waals surface area contributed by atoms with Crippen molar-refractivity contribution in [1.82, 2.24) is 0 Å². The maximum absolute atomic E-state index is 12.4. The number of nitrogens with zero attached hydrogens (tertiary/aromatic N) is 2. The molecule has 1 N–H and O–H groups in total. The lowest BCUT2D eigenvalue weighted by molar-refractivity contribution is -0.906. The van der Waals surface area contributed by atoms with Gasteiger partial charge in [0, 0.05) is 0 Å². The summed E-state index contributed by atoms with van der Waals surface area (Å²) in [6.07, 6.45) is 12.8. The molecule has 0 atom stereocenters. The second kappa shape index (κ2) is 9.40. The molecular formula is C27H54N2O+2. The van der Waals surface area contributed by atoms with E-state index in [-0.39, 0.29) is 5.41 Å². The van der Waals surface area contributed by atoms with Gasteiger partial charge in [0.2, 0.25) is 0 Å². The molecule has 0 amide bonds. The zero-order valence-electron chi connectivity index (χ0n) is 21.4. The van der Waals surface area contributed by atoms with Crippen LogP contribution >= 0.6 is 0 Å². The van der Waals surface area contributed by atoms with Crippen LogP contribution in [0.4, 0.5) is 0 Å². The topological polar surface area (TPSA) is 20.2 Å². The van der Waals surface area contributed by atoms with Gasteiger partial charge in [0.15, 0.2) is 0 Å². The Morgan fingerprint density at radius 1 is 0.700 bits per heavy atom. The summed E-state index contributed by atoms with van der Waals surface area (Å²) in [6.45, 7) is 16.5. The van der Waals surface area contributed by atoms with Gasteiger partial charge in [0.05, 0.1) is 59.0 Å². The normalized spacial score (nSPS) is 31.5. The first-order valence-electron chi connectivity index (χ1n) is 13.5. The summed E-state index contributed by atoms with van der Waals surface area (Å²) in [5.41, 5.74) is -0.187. The molecule has 0 saturated heterocycles. The predicted molar refractivity (Wildman–Crippen MR) is 128 cm³/mol. The lowest BCUT2D eigenvalue weighted by atomic mass is 9.44. The van der Waals surface area contributed by atoms with Crippen LogP contribution in [0.15, 0.2) is 0 Å². The van der Waals surface area contributed by atoms with Crippen molar-refractivity contribution in [2.45, 2.75) is 97.5 Å². The molecule has 4 rings (SSSR count). The van der Waals surface area contributed by atoms with E-state index in [4.69, 9.17) is 0 Å². The minimum Gasteiger partial charge on any atom is -0.389 e. The van der Waals surface area contributed by atoms with Crippen LogP contribution in [0.25, 0.3) is 0 Å². The highest BCUT2D eigenvalue weighted by atomic mass is 16.3. The van der Waals surface area contributed by atoms with Crippen LogP contribution in [0.3, 0.4) is 0 Å². The van der Waals surface area contributed by atoms with Gasteiger partial charge in [-0.1, -0.05) is 0 Å². The SMILES string of the molecule is CC[N+](C)(CC)CCCC(O)(CCC[N+](C)(CC)CC)C12CC3CC(CC(C3)C1)C2. The Balaban J connectivity index is 1.73. The standard InChI is InChI=1S/C27H54N2O/c1-7-28(5,8-2)15-11-13-27(30,14-12-16-29(6,9-3)10-4)26-20-23-17-24(21-26)19-25(18-23)22-26/h23-25,30H,7-22H2,1-6H3/q+2. The van der Waals surface area contributed by atoms with E-state index in [2.05, 4.69) is 41.8 Å². The largest absolute Gasteiger partial charge is 0.389 e. The van der Waals surface area contributed by atoms with E-state index in [1.165, 1.54) is 90.6 Å². The number of hydrogen-bond acceptors (Lipinski definition) is 1. The van der Waals surface area contributed by atoms with Crippen LogP contribution in [-0.2, 0) is 0 Å². The van der Waals surface area contributed by atoms with Crippen LogP contribution in [0.2, 0.25) is 0 Å². The van der Waals surface area contributed by atoms with E-state index in [9.17, 15) is 5.11 Å². The molecule has 0 spiro atoms. The van der Waals surface area contributed by atoms with Gasteiger partial charge in [0.1, 0.15) is 0 Å². The average molecular weight is 423 g/mol. The van der Waals surface area contributed by atoms with Crippen LogP contribution in [0, 0.1) is 23.2 Å². The summed E-state index contributed by atoms with van der Waals surface area (Å²) >= 11 is 0. The Morgan fingerprint density at radius 2 is 1.03 bits per heavy atom. The van der Waals surface area contributed by atoms with Crippen molar-refractivity contribution < 1.29 is 14.1 Å². The van der Waals surface area contributed by atoms with Crippen molar-refractivity contribution in [3.63, 3.8) is 0 Å². The average Bonchev–Trinajstić information content (AvgIpc) is 2.72. The molecule has 3 nitrogen and oxygen atoms in total. The van der Waals surface area contributed by atoms with Crippen LogP contribution < -0.4 is 0 Å². The summed E-state index contributed by atoms with van der Waals surface area (Å²) < 4.78 is 2.30. The Bertz CT molecular complexity index is 490. The lowest BCUT2D eigenvalue weighted by Crippen LogP contribution is -2.59. The molecule has 4 aliphatic rings. The fourth-order valence-corrected chi connectivity index (χ4v) is 7.92. The summed E-state index contributed by atoms with van der Waals surface area (Å²) in [6, 6.07) is 0. The van der Waals surface area contributed by atoms with Gasteiger partial charge >= 0.3 is 0 Å².